The Kier molecular flexibility index (Phi) is 2.74. The van der Waals surface area contributed by atoms with Crippen molar-refractivity contribution in [2.45, 2.75) is 0 Å². The maximum atomic E-state index is 11.4. The first-order valence-electron chi connectivity index (χ1n) is 4.78. The fourth-order valence-corrected chi connectivity index (χ4v) is 1.71. The molecule has 0 aliphatic heterocycles. The number of hydrogen-bond donors (Lipinski definition) is 2. The number of amides is 1. The maximum absolute atomic E-state index is 11.4. The van der Waals surface area contributed by atoms with Crippen LogP contribution in [0.3, 0.4) is 0 Å². The third-order valence-electron chi connectivity index (χ3n) is 2.45. The van der Waals surface area contributed by atoms with Crippen LogP contribution in [0.5, 0.6) is 5.75 Å². The first-order valence-corrected chi connectivity index (χ1v) is 4.78. The van der Waals surface area contributed by atoms with E-state index in [0.717, 1.165) is 10.8 Å². The molecule has 1 amide bonds. The Labute approximate surface area is 92.4 Å². The van der Waals surface area contributed by atoms with Crippen LogP contribution in [0.1, 0.15) is 10.4 Å². The van der Waals surface area contributed by atoms with Crippen LogP contribution >= 0.6 is 0 Å². The summed E-state index contributed by atoms with van der Waals surface area (Å²) in [4.78, 5) is 11.4. The van der Waals surface area contributed by atoms with E-state index in [1.807, 2.05) is 24.3 Å². The normalized spacial score (nSPS) is 10.1. The van der Waals surface area contributed by atoms with Crippen molar-refractivity contribution in [3.05, 3.63) is 42.0 Å². The minimum absolute atomic E-state index is 0.416. The molecule has 2 aromatic carbocycles. The zero-order valence-electron chi connectivity index (χ0n) is 8.73. The molecule has 82 valence electrons. The van der Waals surface area contributed by atoms with E-state index in [0.29, 0.717) is 11.3 Å². The summed E-state index contributed by atoms with van der Waals surface area (Å²) in [6, 6.07) is 10.7. The first-order chi connectivity index (χ1) is 7.77. The molecule has 0 aliphatic rings. The van der Waals surface area contributed by atoms with Crippen LogP contribution in [0.25, 0.3) is 10.8 Å². The lowest BCUT2D eigenvalue weighted by Gasteiger charge is -2.08. The molecule has 0 spiro atoms. The molecule has 0 aromatic heterocycles. The van der Waals surface area contributed by atoms with Gasteiger partial charge >= 0.3 is 0 Å². The van der Waals surface area contributed by atoms with E-state index in [1.54, 1.807) is 24.7 Å². The number of rotatable bonds is 2. The van der Waals surface area contributed by atoms with Crippen LogP contribution in [0.4, 0.5) is 0 Å². The molecule has 16 heavy (non-hydrogen) atoms. The van der Waals surface area contributed by atoms with Crippen molar-refractivity contribution in [2.24, 2.45) is 0 Å². The van der Waals surface area contributed by atoms with Crippen LogP contribution < -0.4 is 10.2 Å². The molecule has 0 heterocycles. The summed E-state index contributed by atoms with van der Waals surface area (Å²) in [7, 11) is 1.58. The monoisotopic (exact) mass is 217 g/mol. The molecule has 4 nitrogen and oxygen atoms in total. The summed E-state index contributed by atoms with van der Waals surface area (Å²) in [5, 5.41) is 10.2. The molecule has 0 aliphatic carbocycles. The lowest BCUT2D eigenvalue weighted by Crippen LogP contribution is -2.18. The number of hydrogen-bond acceptors (Lipinski definition) is 3. The number of carbonyl (C=O) groups excluding carboxylic acids is 1. The average molecular weight is 217 g/mol. The van der Waals surface area contributed by atoms with E-state index in [2.05, 4.69) is 0 Å². The summed E-state index contributed by atoms with van der Waals surface area (Å²) in [5.74, 6) is 0.170. The predicted molar refractivity (Wildman–Crippen MR) is 59.8 cm³/mol. The second kappa shape index (κ2) is 4.20. The quantitative estimate of drug-likeness (QED) is 0.597. The molecule has 0 saturated heterocycles. The minimum atomic E-state index is -0.529. The molecule has 2 rings (SSSR count). The number of carbonyl (C=O) groups is 1. The fraction of sp³-hybridized carbons (Fsp3) is 0.0833. The summed E-state index contributed by atoms with van der Waals surface area (Å²) >= 11 is 0. The van der Waals surface area contributed by atoms with Crippen LogP contribution in [0, 0.1) is 0 Å². The summed E-state index contributed by atoms with van der Waals surface area (Å²) in [6.07, 6.45) is 0. The van der Waals surface area contributed by atoms with E-state index in [1.165, 1.54) is 0 Å². The lowest BCUT2D eigenvalue weighted by atomic mass is 10.0. The van der Waals surface area contributed by atoms with Gasteiger partial charge in [-0.1, -0.05) is 24.3 Å². The highest BCUT2D eigenvalue weighted by molar-refractivity contribution is 6.08. The third kappa shape index (κ3) is 1.59. The predicted octanol–water partition coefficient (Wildman–Crippen LogP) is 1.97. The van der Waals surface area contributed by atoms with Gasteiger partial charge in [0.25, 0.3) is 5.91 Å². The average Bonchev–Trinajstić information content (AvgIpc) is 2.36. The van der Waals surface area contributed by atoms with E-state index in [4.69, 9.17) is 9.94 Å². The second-order valence-corrected chi connectivity index (χ2v) is 3.30. The van der Waals surface area contributed by atoms with E-state index in [9.17, 15) is 4.79 Å². The van der Waals surface area contributed by atoms with Gasteiger partial charge in [-0.15, -0.1) is 0 Å². The number of benzene rings is 2. The molecule has 0 saturated carbocycles. The van der Waals surface area contributed by atoms with Gasteiger partial charge in [0.1, 0.15) is 5.75 Å². The van der Waals surface area contributed by atoms with Gasteiger partial charge in [-0.25, -0.2) is 5.48 Å². The molecular formula is C12H11NO3. The van der Waals surface area contributed by atoms with Gasteiger partial charge in [0, 0.05) is 10.9 Å². The van der Waals surface area contributed by atoms with Crippen LogP contribution in [0.2, 0.25) is 0 Å². The highest BCUT2D eigenvalue weighted by Gasteiger charge is 2.11. The molecule has 2 aromatic rings. The Morgan fingerprint density at radius 3 is 2.50 bits per heavy atom. The molecule has 4 heteroatoms. The van der Waals surface area contributed by atoms with E-state index >= 15 is 0 Å². The molecule has 0 fully saturated rings. The van der Waals surface area contributed by atoms with Gasteiger partial charge in [0.2, 0.25) is 0 Å². The van der Waals surface area contributed by atoms with Crippen molar-refractivity contribution in [2.75, 3.05) is 7.11 Å². The zero-order valence-corrected chi connectivity index (χ0v) is 8.73. The van der Waals surface area contributed by atoms with E-state index < -0.39 is 5.91 Å². The number of ether oxygens (including phenoxy) is 1. The molecule has 0 unspecified atom stereocenters. The van der Waals surface area contributed by atoms with Crippen molar-refractivity contribution in [3.8, 4) is 5.75 Å². The van der Waals surface area contributed by atoms with Gasteiger partial charge in [0.05, 0.1) is 7.11 Å². The van der Waals surface area contributed by atoms with Gasteiger partial charge in [-0.3, -0.25) is 10.0 Å². The zero-order chi connectivity index (χ0) is 11.5. The Morgan fingerprint density at radius 1 is 1.19 bits per heavy atom. The van der Waals surface area contributed by atoms with Crippen molar-refractivity contribution < 1.29 is 14.7 Å². The lowest BCUT2D eigenvalue weighted by molar-refractivity contribution is 0.0708. The first kappa shape index (κ1) is 10.4. The van der Waals surface area contributed by atoms with Gasteiger partial charge < -0.3 is 4.74 Å². The SMILES string of the molecule is COc1ccc(C(=O)NO)c2ccccc12. The summed E-state index contributed by atoms with van der Waals surface area (Å²) in [6.45, 7) is 0. The standard InChI is InChI=1S/C12H11NO3/c1-16-11-7-6-10(12(14)13-15)8-4-2-3-5-9(8)11/h2-7,15H,1H3,(H,13,14). The summed E-state index contributed by atoms with van der Waals surface area (Å²) in [5.41, 5.74) is 2.05. The molecular weight excluding hydrogens is 206 g/mol. The Hall–Kier alpha value is -2.07. The number of methoxy groups -OCH3 is 1. The molecule has 0 atom stereocenters. The van der Waals surface area contributed by atoms with Crippen molar-refractivity contribution in [3.63, 3.8) is 0 Å². The van der Waals surface area contributed by atoms with Crippen molar-refractivity contribution >= 4 is 16.7 Å². The van der Waals surface area contributed by atoms with Crippen LogP contribution in [-0.2, 0) is 0 Å². The highest BCUT2D eigenvalue weighted by atomic mass is 16.5. The smallest absolute Gasteiger partial charge is 0.275 e. The topological polar surface area (TPSA) is 58.6 Å². The van der Waals surface area contributed by atoms with Crippen molar-refractivity contribution in [1.29, 1.82) is 0 Å². The van der Waals surface area contributed by atoms with Crippen LogP contribution in [-0.4, -0.2) is 18.2 Å². The Balaban J connectivity index is 2.74. The minimum Gasteiger partial charge on any atom is -0.496 e. The van der Waals surface area contributed by atoms with Gasteiger partial charge in [-0.05, 0) is 17.5 Å². The van der Waals surface area contributed by atoms with Gasteiger partial charge in [0.15, 0.2) is 0 Å². The second-order valence-electron chi connectivity index (χ2n) is 3.30. The number of nitrogens with one attached hydrogen (secondary N) is 1. The van der Waals surface area contributed by atoms with Gasteiger partial charge in [-0.2, -0.15) is 0 Å². The molecule has 0 radical (unpaired) electrons. The third-order valence-corrected chi connectivity index (χ3v) is 2.45. The van der Waals surface area contributed by atoms with E-state index in [-0.39, 0.29) is 0 Å². The molecule has 2 N–H and O–H groups in total. The number of hydroxylamine groups is 1. The Morgan fingerprint density at radius 2 is 1.88 bits per heavy atom. The number of fused-ring (bicyclic) bond motifs is 1. The fourth-order valence-electron chi connectivity index (χ4n) is 1.71. The van der Waals surface area contributed by atoms with Crippen molar-refractivity contribution in [1.82, 2.24) is 5.48 Å². The maximum Gasteiger partial charge on any atom is 0.275 e. The Bertz CT molecular complexity index is 537. The highest BCUT2D eigenvalue weighted by Crippen LogP contribution is 2.28. The molecule has 0 bridgehead atoms. The van der Waals surface area contributed by atoms with Crippen LogP contribution in [0.15, 0.2) is 36.4 Å². The largest absolute Gasteiger partial charge is 0.496 e. The summed E-state index contributed by atoms with van der Waals surface area (Å²) < 4.78 is 5.20.